The van der Waals surface area contributed by atoms with Crippen LogP contribution < -0.4 is 4.74 Å². The molecule has 4 heteroatoms. The second-order valence-electron chi connectivity index (χ2n) is 3.82. The number of hydrogen-bond acceptors (Lipinski definition) is 3. The Morgan fingerprint density at radius 3 is 2.67 bits per heavy atom. The van der Waals surface area contributed by atoms with E-state index in [-0.39, 0.29) is 5.78 Å². The number of ketones is 1. The quantitative estimate of drug-likeness (QED) is 0.810. The molecule has 1 heterocycles. The van der Waals surface area contributed by atoms with Crippen molar-refractivity contribution in [2.75, 3.05) is 0 Å². The van der Waals surface area contributed by atoms with Crippen LogP contribution in [0, 0.1) is 0 Å². The van der Waals surface area contributed by atoms with Crippen molar-refractivity contribution in [1.29, 1.82) is 0 Å². The van der Waals surface area contributed by atoms with Crippen LogP contribution in [0.1, 0.15) is 23.0 Å². The molecular formula is C14H12BrNO2. The van der Waals surface area contributed by atoms with Crippen molar-refractivity contribution in [3.8, 4) is 5.75 Å². The Morgan fingerprint density at radius 2 is 2.06 bits per heavy atom. The number of Topliss-reactive ketones (excluding diaryl/α,β-unsaturated/α-hetero) is 1. The number of carbonyl (C=O) groups excluding carboxylic acids is 1. The monoisotopic (exact) mass is 305 g/mol. The number of carbonyl (C=O) groups is 1. The lowest BCUT2D eigenvalue weighted by Crippen LogP contribution is -1.99. The molecule has 0 amide bonds. The average Bonchev–Trinajstić information content (AvgIpc) is 2.38. The highest BCUT2D eigenvalue weighted by Gasteiger charge is 2.03. The molecule has 92 valence electrons. The van der Waals surface area contributed by atoms with Crippen LogP contribution in [0.15, 0.2) is 47.1 Å². The van der Waals surface area contributed by atoms with Crippen LogP contribution in [0.25, 0.3) is 0 Å². The van der Waals surface area contributed by atoms with Gasteiger partial charge in [0.25, 0.3) is 0 Å². The van der Waals surface area contributed by atoms with E-state index >= 15 is 0 Å². The van der Waals surface area contributed by atoms with Gasteiger partial charge in [-0.05, 0) is 18.2 Å². The lowest BCUT2D eigenvalue weighted by molar-refractivity contribution is 0.101. The summed E-state index contributed by atoms with van der Waals surface area (Å²) in [6.07, 6.45) is 1.56. The summed E-state index contributed by atoms with van der Waals surface area (Å²) >= 11 is 3.46. The van der Waals surface area contributed by atoms with Crippen LogP contribution in [-0.4, -0.2) is 10.8 Å². The molecule has 0 spiro atoms. The largest absolute Gasteiger partial charge is 0.487 e. The Bertz CT molecular complexity index is 552. The Balaban J connectivity index is 2.02. The summed E-state index contributed by atoms with van der Waals surface area (Å²) in [5, 5.41) is 0. The first-order chi connectivity index (χ1) is 8.66. The van der Waals surface area contributed by atoms with Gasteiger partial charge < -0.3 is 4.74 Å². The van der Waals surface area contributed by atoms with Gasteiger partial charge in [-0.2, -0.15) is 0 Å². The smallest absolute Gasteiger partial charge is 0.178 e. The molecule has 0 aliphatic rings. The molecule has 2 aromatic rings. The van der Waals surface area contributed by atoms with E-state index in [1.807, 2.05) is 24.3 Å². The van der Waals surface area contributed by atoms with Gasteiger partial charge in [-0.25, -0.2) is 4.98 Å². The summed E-state index contributed by atoms with van der Waals surface area (Å²) in [6.45, 7) is 1.95. The highest BCUT2D eigenvalue weighted by atomic mass is 79.9. The number of pyridine rings is 1. The summed E-state index contributed by atoms with van der Waals surface area (Å²) in [5.41, 5.74) is 1.51. The fourth-order valence-corrected chi connectivity index (χ4v) is 1.85. The summed E-state index contributed by atoms with van der Waals surface area (Å²) in [4.78, 5) is 15.1. The Kier molecular flexibility index (Phi) is 4.10. The Labute approximate surface area is 114 Å². The maximum Gasteiger partial charge on any atom is 0.178 e. The van der Waals surface area contributed by atoms with Crippen molar-refractivity contribution in [2.45, 2.75) is 13.5 Å². The minimum Gasteiger partial charge on any atom is -0.487 e. The molecule has 0 radical (unpaired) electrons. The normalized spacial score (nSPS) is 10.1. The highest BCUT2D eigenvalue weighted by molar-refractivity contribution is 9.10. The number of halogens is 1. The molecule has 0 atom stereocenters. The van der Waals surface area contributed by atoms with Gasteiger partial charge in [0.05, 0.1) is 6.20 Å². The molecule has 2 rings (SSSR count). The average molecular weight is 306 g/mol. The van der Waals surface area contributed by atoms with Crippen LogP contribution in [0.5, 0.6) is 5.75 Å². The van der Waals surface area contributed by atoms with Crippen molar-refractivity contribution < 1.29 is 9.53 Å². The Morgan fingerprint density at radius 1 is 1.28 bits per heavy atom. The standard InChI is InChI=1S/C14H12BrNO2/c1-10(17)14-7-6-12(8-16-14)18-9-11-4-2-3-5-13(11)15/h2-8H,9H2,1H3. The van der Waals surface area contributed by atoms with E-state index in [9.17, 15) is 4.79 Å². The first-order valence-corrected chi connectivity index (χ1v) is 6.29. The van der Waals surface area contributed by atoms with E-state index in [0.29, 0.717) is 18.1 Å². The van der Waals surface area contributed by atoms with Gasteiger partial charge in [-0.15, -0.1) is 0 Å². The molecule has 1 aromatic heterocycles. The van der Waals surface area contributed by atoms with Gasteiger partial charge in [-0.1, -0.05) is 34.1 Å². The molecule has 0 fully saturated rings. The van der Waals surface area contributed by atoms with Crippen LogP contribution in [-0.2, 0) is 6.61 Å². The third-order valence-corrected chi connectivity index (χ3v) is 3.22. The van der Waals surface area contributed by atoms with Crippen LogP contribution >= 0.6 is 15.9 Å². The maximum absolute atomic E-state index is 11.1. The third-order valence-electron chi connectivity index (χ3n) is 2.45. The van der Waals surface area contributed by atoms with E-state index in [0.717, 1.165) is 10.0 Å². The molecule has 0 aliphatic carbocycles. The first-order valence-electron chi connectivity index (χ1n) is 5.50. The zero-order valence-electron chi connectivity index (χ0n) is 9.89. The zero-order chi connectivity index (χ0) is 13.0. The molecule has 18 heavy (non-hydrogen) atoms. The molecule has 0 saturated carbocycles. The van der Waals surface area contributed by atoms with Crippen LogP contribution in [0.2, 0.25) is 0 Å². The number of aromatic nitrogens is 1. The van der Waals surface area contributed by atoms with Gasteiger partial charge in [0, 0.05) is 17.0 Å². The predicted molar refractivity (Wildman–Crippen MR) is 72.7 cm³/mol. The van der Waals surface area contributed by atoms with Crippen molar-refractivity contribution in [3.05, 3.63) is 58.3 Å². The van der Waals surface area contributed by atoms with Crippen molar-refractivity contribution in [1.82, 2.24) is 4.98 Å². The minimum atomic E-state index is -0.0487. The van der Waals surface area contributed by atoms with E-state index < -0.39 is 0 Å². The molecule has 0 unspecified atom stereocenters. The van der Waals surface area contributed by atoms with Gasteiger partial charge in [0.15, 0.2) is 5.78 Å². The van der Waals surface area contributed by atoms with E-state index in [1.54, 1.807) is 18.3 Å². The molecular weight excluding hydrogens is 294 g/mol. The number of benzene rings is 1. The number of nitrogens with zero attached hydrogens (tertiary/aromatic N) is 1. The number of rotatable bonds is 4. The molecule has 1 aromatic carbocycles. The highest BCUT2D eigenvalue weighted by Crippen LogP contribution is 2.18. The molecule has 0 bridgehead atoms. The number of ether oxygens (including phenoxy) is 1. The first kappa shape index (κ1) is 12.8. The van der Waals surface area contributed by atoms with E-state index in [1.165, 1.54) is 6.92 Å². The van der Waals surface area contributed by atoms with Crippen LogP contribution in [0.4, 0.5) is 0 Å². The zero-order valence-corrected chi connectivity index (χ0v) is 11.5. The fourth-order valence-electron chi connectivity index (χ4n) is 1.45. The lowest BCUT2D eigenvalue weighted by atomic mass is 10.2. The van der Waals surface area contributed by atoms with Gasteiger partial charge in [-0.3, -0.25) is 4.79 Å². The van der Waals surface area contributed by atoms with Gasteiger partial charge in [0.1, 0.15) is 18.1 Å². The van der Waals surface area contributed by atoms with Crippen molar-refractivity contribution >= 4 is 21.7 Å². The SMILES string of the molecule is CC(=O)c1ccc(OCc2ccccc2Br)cn1. The third kappa shape index (κ3) is 3.17. The maximum atomic E-state index is 11.1. The molecule has 0 saturated heterocycles. The molecule has 3 nitrogen and oxygen atoms in total. The van der Waals surface area contributed by atoms with E-state index in [2.05, 4.69) is 20.9 Å². The second kappa shape index (κ2) is 5.78. The van der Waals surface area contributed by atoms with Crippen LogP contribution in [0.3, 0.4) is 0 Å². The predicted octanol–water partition coefficient (Wildman–Crippen LogP) is 3.63. The van der Waals surface area contributed by atoms with E-state index in [4.69, 9.17) is 4.74 Å². The summed E-state index contributed by atoms with van der Waals surface area (Å²) in [7, 11) is 0. The minimum absolute atomic E-state index is 0.0487. The topological polar surface area (TPSA) is 39.2 Å². The number of hydrogen-bond donors (Lipinski definition) is 0. The summed E-state index contributed by atoms with van der Waals surface area (Å²) in [6, 6.07) is 11.3. The lowest BCUT2D eigenvalue weighted by Gasteiger charge is -2.07. The summed E-state index contributed by atoms with van der Waals surface area (Å²) in [5.74, 6) is 0.600. The van der Waals surface area contributed by atoms with Gasteiger partial charge >= 0.3 is 0 Å². The second-order valence-corrected chi connectivity index (χ2v) is 4.67. The molecule has 0 aliphatic heterocycles. The summed E-state index contributed by atoms with van der Waals surface area (Å²) < 4.78 is 6.62. The van der Waals surface area contributed by atoms with Crippen molar-refractivity contribution in [2.24, 2.45) is 0 Å². The fraction of sp³-hybridized carbons (Fsp3) is 0.143. The van der Waals surface area contributed by atoms with Crippen molar-refractivity contribution in [3.63, 3.8) is 0 Å². The Hall–Kier alpha value is -1.68. The van der Waals surface area contributed by atoms with Gasteiger partial charge in [0.2, 0.25) is 0 Å². The molecule has 0 N–H and O–H groups in total.